The van der Waals surface area contributed by atoms with E-state index in [-0.39, 0.29) is 6.54 Å². The van der Waals surface area contributed by atoms with Crippen LogP contribution in [0.1, 0.15) is 0 Å². The first-order valence-electron chi connectivity index (χ1n) is 3.95. The number of carbonyl (C=O) groups is 1. The first-order valence-corrected chi connectivity index (χ1v) is 3.95. The minimum Gasteiger partial charge on any atom is -0.382 e. The van der Waals surface area contributed by atoms with Crippen molar-refractivity contribution in [2.24, 2.45) is 5.73 Å². The highest BCUT2D eigenvalue weighted by molar-refractivity contribution is 5.95. The molecule has 1 rings (SSSR count). The fourth-order valence-electron chi connectivity index (χ4n) is 0.975. The van der Waals surface area contributed by atoms with Crippen LogP contribution in [-0.2, 0) is 4.79 Å². The van der Waals surface area contributed by atoms with Crippen LogP contribution in [-0.4, -0.2) is 35.7 Å². The Morgan fingerprint density at radius 2 is 2.54 bits per heavy atom. The number of hydrogen-bond donors (Lipinski definition) is 3. The monoisotopic (exact) mass is 183 g/mol. The van der Waals surface area contributed by atoms with Crippen LogP contribution in [0, 0.1) is 0 Å². The van der Waals surface area contributed by atoms with Crippen LogP contribution in [0.25, 0.3) is 0 Å². The minimum absolute atomic E-state index is 0.0619. The maximum Gasteiger partial charge on any atom is 0.256 e. The Hall–Kier alpha value is -1.33. The van der Waals surface area contributed by atoms with E-state index in [4.69, 9.17) is 10.8 Å². The number of aliphatic hydroxyl groups is 1. The number of amides is 1. The summed E-state index contributed by atoms with van der Waals surface area (Å²) >= 11 is 0. The topological polar surface area (TPSA) is 82.3 Å². The van der Waals surface area contributed by atoms with E-state index in [1.807, 2.05) is 0 Å². The Balaban J connectivity index is 2.68. The second-order valence-electron chi connectivity index (χ2n) is 2.72. The number of aromatic amines is 1. The largest absolute Gasteiger partial charge is 0.382 e. The molecule has 1 unspecified atom stereocenters. The molecule has 5 nitrogen and oxygen atoms in total. The van der Waals surface area contributed by atoms with Crippen LogP contribution < -0.4 is 10.6 Å². The third-order valence-corrected chi connectivity index (χ3v) is 1.81. The van der Waals surface area contributed by atoms with Gasteiger partial charge in [-0.15, -0.1) is 0 Å². The average Bonchev–Trinajstić information content (AvgIpc) is 2.67. The third kappa shape index (κ3) is 2.07. The lowest BCUT2D eigenvalue weighted by atomic mass is 10.3. The second kappa shape index (κ2) is 4.06. The van der Waals surface area contributed by atoms with Crippen LogP contribution in [0.3, 0.4) is 0 Å². The number of rotatable bonds is 3. The smallest absolute Gasteiger partial charge is 0.256 e. The van der Waals surface area contributed by atoms with E-state index < -0.39 is 12.0 Å². The van der Waals surface area contributed by atoms with Crippen LogP contribution in [0.2, 0.25) is 0 Å². The van der Waals surface area contributed by atoms with Crippen LogP contribution in [0.15, 0.2) is 18.5 Å². The SMILES string of the molecule is CN(C(=O)C(O)CN)c1cc[nH]c1. The molecule has 4 N–H and O–H groups in total. The molecule has 0 saturated carbocycles. The van der Waals surface area contributed by atoms with Gasteiger partial charge in [0.1, 0.15) is 6.10 Å². The summed E-state index contributed by atoms with van der Waals surface area (Å²) in [5, 5.41) is 9.17. The summed E-state index contributed by atoms with van der Waals surface area (Å²) in [6.07, 6.45) is 2.25. The zero-order chi connectivity index (χ0) is 9.84. The van der Waals surface area contributed by atoms with E-state index in [9.17, 15) is 4.79 Å². The fourth-order valence-corrected chi connectivity index (χ4v) is 0.975. The maximum atomic E-state index is 11.4. The summed E-state index contributed by atoms with van der Waals surface area (Å²) < 4.78 is 0. The molecule has 1 amide bonds. The Morgan fingerprint density at radius 3 is 3.00 bits per heavy atom. The van der Waals surface area contributed by atoms with Crippen molar-refractivity contribution >= 4 is 11.6 Å². The molecule has 0 fully saturated rings. The Morgan fingerprint density at radius 1 is 1.85 bits per heavy atom. The highest BCUT2D eigenvalue weighted by Crippen LogP contribution is 2.10. The third-order valence-electron chi connectivity index (χ3n) is 1.81. The van der Waals surface area contributed by atoms with Gasteiger partial charge in [-0.3, -0.25) is 4.79 Å². The van der Waals surface area contributed by atoms with Gasteiger partial charge in [0.2, 0.25) is 0 Å². The lowest BCUT2D eigenvalue weighted by molar-refractivity contribution is -0.125. The molecule has 0 saturated heterocycles. The summed E-state index contributed by atoms with van der Waals surface area (Å²) in [5.41, 5.74) is 5.86. The van der Waals surface area contributed by atoms with E-state index in [1.54, 1.807) is 25.5 Å². The number of hydrogen-bond acceptors (Lipinski definition) is 3. The molecule has 0 aromatic carbocycles. The number of H-pyrrole nitrogens is 1. The summed E-state index contributed by atoms with van der Waals surface area (Å²) in [4.78, 5) is 15.5. The Kier molecular flexibility index (Phi) is 3.05. The van der Waals surface area contributed by atoms with Gasteiger partial charge in [0.15, 0.2) is 0 Å². The molecule has 13 heavy (non-hydrogen) atoms. The standard InChI is InChI=1S/C8H13N3O2/c1-11(6-2-3-10-5-6)8(13)7(12)4-9/h2-3,5,7,10,12H,4,9H2,1H3. The predicted octanol–water partition coefficient (Wildman–Crippen LogP) is -0.703. The molecular formula is C8H13N3O2. The quantitative estimate of drug-likeness (QED) is 0.579. The number of nitrogens with two attached hydrogens (primary N) is 1. The summed E-state index contributed by atoms with van der Waals surface area (Å²) in [6, 6.07) is 1.74. The molecule has 0 spiro atoms. The number of nitrogens with zero attached hydrogens (tertiary/aromatic N) is 1. The molecule has 72 valence electrons. The van der Waals surface area contributed by atoms with Crippen molar-refractivity contribution in [2.75, 3.05) is 18.5 Å². The number of aliphatic hydroxyl groups excluding tert-OH is 1. The normalized spacial score (nSPS) is 12.5. The van der Waals surface area contributed by atoms with Crippen molar-refractivity contribution in [1.82, 2.24) is 4.98 Å². The van der Waals surface area contributed by atoms with Gasteiger partial charge in [-0.25, -0.2) is 0 Å². The number of anilines is 1. The fraction of sp³-hybridized carbons (Fsp3) is 0.375. The molecule has 0 radical (unpaired) electrons. The van der Waals surface area contributed by atoms with Gasteiger partial charge in [0.25, 0.3) is 5.91 Å². The molecule has 1 aromatic rings. The van der Waals surface area contributed by atoms with Gasteiger partial charge in [-0.2, -0.15) is 0 Å². The zero-order valence-electron chi connectivity index (χ0n) is 7.40. The van der Waals surface area contributed by atoms with E-state index in [2.05, 4.69) is 4.98 Å². The first kappa shape index (κ1) is 9.76. The van der Waals surface area contributed by atoms with E-state index in [0.717, 1.165) is 0 Å². The van der Waals surface area contributed by atoms with Crippen molar-refractivity contribution in [2.45, 2.75) is 6.10 Å². The van der Waals surface area contributed by atoms with Gasteiger partial charge < -0.3 is 20.7 Å². The van der Waals surface area contributed by atoms with E-state index in [1.165, 1.54) is 4.90 Å². The molecule has 5 heteroatoms. The predicted molar refractivity (Wildman–Crippen MR) is 49.3 cm³/mol. The van der Waals surface area contributed by atoms with Crippen LogP contribution in [0.4, 0.5) is 5.69 Å². The van der Waals surface area contributed by atoms with Crippen molar-refractivity contribution in [3.05, 3.63) is 18.5 Å². The summed E-state index contributed by atoms with van der Waals surface area (Å²) in [7, 11) is 1.59. The average molecular weight is 183 g/mol. The lowest BCUT2D eigenvalue weighted by Crippen LogP contribution is -2.40. The highest BCUT2D eigenvalue weighted by atomic mass is 16.3. The Bertz CT molecular complexity index is 271. The lowest BCUT2D eigenvalue weighted by Gasteiger charge is -2.18. The molecule has 1 aromatic heterocycles. The number of likely N-dealkylation sites (N-methyl/N-ethyl adjacent to an activating group) is 1. The first-order chi connectivity index (χ1) is 6.16. The van der Waals surface area contributed by atoms with Crippen LogP contribution in [0.5, 0.6) is 0 Å². The van der Waals surface area contributed by atoms with Gasteiger partial charge >= 0.3 is 0 Å². The van der Waals surface area contributed by atoms with Crippen molar-refractivity contribution in [3.63, 3.8) is 0 Å². The molecular weight excluding hydrogens is 170 g/mol. The molecule has 0 aliphatic carbocycles. The van der Waals surface area contributed by atoms with E-state index in [0.29, 0.717) is 5.69 Å². The molecule has 0 aliphatic heterocycles. The van der Waals surface area contributed by atoms with Gasteiger partial charge in [-0.1, -0.05) is 0 Å². The van der Waals surface area contributed by atoms with E-state index >= 15 is 0 Å². The summed E-state index contributed by atoms with van der Waals surface area (Å²) in [5.74, 6) is -0.401. The van der Waals surface area contributed by atoms with Gasteiger partial charge in [-0.05, 0) is 6.07 Å². The Labute approximate surface area is 76.2 Å². The second-order valence-corrected chi connectivity index (χ2v) is 2.72. The molecule has 0 bridgehead atoms. The number of aromatic nitrogens is 1. The van der Waals surface area contributed by atoms with Crippen LogP contribution >= 0.6 is 0 Å². The molecule has 1 heterocycles. The number of nitrogens with one attached hydrogen (secondary N) is 1. The van der Waals surface area contributed by atoms with Crippen molar-refractivity contribution in [3.8, 4) is 0 Å². The maximum absolute atomic E-state index is 11.4. The zero-order valence-corrected chi connectivity index (χ0v) is 7.40. The van der Waals surface area contributed by atoms with Gasteiger partial charge in [0, 0.05) is 26.0 Å². The highest BCUT2D eigenvalue weighted by Gasteiger charge is 2.18. The summed E-state index contributed by atoms with van der Waals surface area (Å²) in [6.45, 7) is -0.0619. The van der Waals surface area contributed by atoms with Crippen molar-refractivity contribution in [1.29, 1.82) is 0 Å². The number of carbonyl (C=O) groups excluding carboxylic acids is 1. The van der Waals surface area contributed by atoms with Gasteiger partial charge in [0.05, 0.1) is 5.69 Å². The van der Waals surface area contributed by atoms with Crippen molar-refractivity contribution < 1.29 is 9.90 Å². The minimum atomic E-state index is -1.13. The molecule has 1 atom stereocenters. The molecule has 0 aliphatic rings.